The molecule has 25 heavy (non-hydrogen) atoms. The molecule has 128 valence electrons. The van der Waals surface area contributed by atoms with Crippen molar-refractivity contribution in [3.8, 4) is 0 Å². The molecule has 0 amide bonds. The van der Waals surface area contributed by atoms with Gasteiger partial charge in [0.15, 0.2) is 5.78 Å². The number of hydrogen-bond donors (Lipinski definition) is 0. The van der Waals surface area contributed by atoms with Gasteiger partial charge in [0.2, 0.25) is 0 Å². The summed E-state index contributed by atoms with van der Waals surface area (Å²) < 4.78 is 8.55. The van der Waals surface area contributed by atoms with E-state index in [0.717, 1.165) is 49.1 Å². The van der Waals surface area contributed by atoms with Gasteiger partial charge in [-0.15, -0.1) is 0 Å². The number of ketones is 1. The third kappa shape index (κ3) is 3.73. The van der Waals surface area contributed by atoms with Gasteiger partial charge in [-0.3, -0.25) is 9.69 Å². The van der Waals surface area contributed by atoms with Crippen molar-refractivity contribution in [1.82, 2.24) is 13.6 Å². The number of halogens is 1. The molecular formula is C19H18ClN3OS. The first-order valence-corrected chi connectivity index (χ1v) is 9.53. The molecule has 0 aliphatic carbocycles. The molecule has 2 heterocycles. The molecule has 1 aliphatic rings. The summed E-state index contributed by atoms with van der Waals surface area (Å²) in [4.78, 5) is 15.1. The van der Waals surface area contributed by atoms with E-state index in [2.05, 4.69) is 25.8 Å². The molecule has 0 N–H and O–H groups in total. The fourth-order valence-electron chi connectivity index (χ4n) is 3.45. The minimum absolute atomic E-state index is 0.0552. The number of benzene rings is 2. The highest BCUT2D eigenvalue weighted by Crippen LogP contribution is 2.24. The van der Waals surface area contributed by atoms with Crippen LogP contribution >= 0.6 is 23.3 Å². The Kier molecular flexibility index (Phi) is 4.79. The quantitative estimate of drug-likeness (QED) is 0.636. The smallest absolute Gasteiger partial charge is 0.167 e. The number of carbonyl (C=O) groups is 1. The Morgan fingerprint density at radius 2 is 1.96 bits per heavy atom. The maximum Gasteiger partial charge on any atom is 0.167 e. The summed E-state index contributed by atoms with van der Waals surface area (Å²) >= 11 is 7.16. The molecule has 0 bridgehead atoms. The SMILES string of the molecule is O=C(c1ccc(Cl)cc1)[C@H]1CCCN(Cc2ccc3nsnc3c2)C1. The van der Waals surface area contributed by atoms with Gasteiger partial charge >= 0.3 is 0 Å². The van der Waals surface area contributed by atoms with Gasteiger partial charge in [-0.25, -0.2) is 0 Å². The van der Waals surface area contributed by atoms with E-state index in [-0.39, 0.29) is 11.7 Å². The first-order valence-electron chi connectivity index (χ1n) is 8.42. The van der Waals surface area contributed by atoms with Crippen LogP contribution in [0.5, 0.6) is 0 Å². The molecule has 0 spiro atoms. The Balaban J connectivity index is 1.45. The molecule has 1 saturated heterocycles. The van der Waals surface area contributed by atoms with Crippen molar-refractivity contribution in [3.63, 3.8) is 0 Å². The van der Waals surface area contributed by atoms with Crippen LogP contribution in [0.1, 0.15) is 28.8 Å². The zero-order valence-corrected chi connectivity index (χ0v) is 15.3. The van der Waals surface area contributed by atoms with Crippen LogP contribution in [0, 0.1) is 5.92 Å². The van der Waals surface area contributed by atoms with Gasteiger partial charge in [0.1, 0.15) is 11.0 Å². The third-order valence-corrected chi connectivity index (χ3v) is 5.54. The van der Waals surface area contributed by atoms with Crippen molar-refractivity contribution in [1.29, 1.82) is 0 Å². The highest BCUT2D eigenvalue weighted by Gasteiger charge is 2.26. The summed E-state index contributed by atoms with van der Waals surface area (Å²) in [7, 11) is 0. The Labute approximate surface area is 155 Å². The summed E-state index contributed by atoms with van der Waals surface area (Å²) in [5, 5.41) is 0.661. The number of aromatic nitrogens is 2. The van der Waals surface area contributed by atoms with Crippen molar-refractivity contribution < 1.29 is 4.79 Å². The second-order valence-electron chi connectivity index (χ2n) is 6.53. The number of Topliss-reactive ketones (excluding diaryl/α,β-unsaturated/α-hetero) is 1. The first kappa shape index (κ1) is 16.6. The van der Waals surface area contributed by atoms with Gasteiger partial charge in [-0.1, -0.05) is 17.7 Å². The third-order valence-electron chi connectivity index (χ3n) is 4.73. The van der Waals surface area contributed by atoms with E-state index in [1.165, 1.54) is 17.3 Å². The number of likely N-dealkylation sites (tertiary alicyclic amines) is 1. The molecule has 2 aromatic carbocycles. The minimum Gasteiger partial charge on any atom is -0.298 e. The van der Waals surface area contributed by atoms with Crippen LogP contribution in [-0.2, 0) is 6.54 Å². The van der Waals surface area contributed by atoms with E-state index >= 15 is 0 Å². The summed E-state index contributed by atoms with van der Waals surface area (Å²) in [6.45, 7) is 2.67. The lowest BCUT2D eigenvalue weighted by molar-refractivity contribution is 0.0811. The largest absolute Gasteiger partial charge is 0.298 e. The molecule has 6 heteroatoms. The van der Waals surface area contributed by atoms with Gasteiger partial charge in [0.25, 0.3) is 0 Å². The number of carbonyl (C=O) groups excluding carboxylic acids is 1. The van der Waals surface area contributed by atoms with Crippen molar-refractivity contribution in [2.24, 2.45) is 5.92 Å². The summed E-state index contributed by atoms with van der Waals surface area (Å²) in [6, 6.07) is 13.4. The van der Waals surface area contributed by atoms with E-state index in [9.17, 15) is 4.79 Å². The van der Waals surface area contributed by atoms with Crippen LogP contribution in [0.4, 0.5) is 0 Å². The molecular weight excluding hydrogens is 354 g/mol. The lowest BCUT2D eigenvalue weighted by Crippen LogP contribution is -2.38. The minimum atomic E-state index is 0.0552. The Morgan fingerprint density at radius 3 is 2.80 bits per heavy atom. The van der Waals surface area contributed by atoms with Crippen LogP contribution in [-0.4, -0.2) is 32.5 Å². The lowest BCUT2D eigenvalue weighted by atomic mass is 9.90. The average molecular weight is 372 g/mol. The summed E-state index contributed by atoms with van der Waals surface area (Å²) in [5.41, 5.74) is 3.88. The van der Waals surface area contributed by atoms with E-state index in [4.69, 9.17) is 11.6 Å². The maximum absolute atomic E-state index is 12.8. The molecule has 3 aromatic rings. The number of piperidine rings is 1. The van der Waals surface area contributed by atoms with Gasteiger partial charge < -0.3 is 0 Å². The number of nitrogens with zero attached hydrogens (tertiary/aromatic N) is 3. The molecule has 0 radical (unpaired) electrons. The summed E-state index contributed by atoms with van der Waals surface area (Å²) in [6.07, 6.45) is 2.00. The molecule has 1 atom stereocenters. The Hall–Kier alpha value is -1.82. The van der Waals surface area contributed by atoms with Crippen LogP contribution in [0.15, 0.2) is 42.5 Å². The van der Waals surface area contributed by atoms with Crippen molar-refractivity contribution in [2.45, 2.75) is 19.4 Å². The van der Waals surface area contributed by atoms with Gasteiger partial charge in [-0.2, -0.15) is 8.75 Å². The fourth-order valence-corrected chi connectivity index (χ4v) is 4.09. The van der Waals surface area contributed by atoms with Gasteiger partial charge in [-0.05, 0) is 61.3 Å². The second-order valence-corrected chi connectivity index (χ2v) is 7.50. The van der Waals surface area contributed by atoms with E-state index in [0.29, 0.717) is 5.02 Å². The highest BCUT2D eigenvalue weighted by atomic mass is 35.5. The van der Waals surface area contributed by atoms with E-state index in [1.807, 2.05) is 18.2 Å². The van der Waals surface area contributed by atoms with Crippen LogP contribution in [0.25, 0.3) is 11.0 Å². The molecule has 1 aliphatic heterocycles. The van der Waals surface area contributed by atoms with E-state index < -0.39 is 0 Å². The van der Waals surface area contributed by atoms with Crippen molar-refractivity contribution in [2.75, 3.05) is 13.1 Å². The highest BCUT2D eigenvalue weighted by molar-refractivity contribution is 7.00. The molecule has 1 fully saturated rings. The maximum atomic E-state index is 12.8. The number of hydrogen-bond acceptors (Lipinski definition) is 5. The summed E-state index contributed by atoms with van der Waals surface area (Å²) in [5.74, 6) is 0.278. The van der Waals surface area contributed by atoms with Crippen LogP contribution in [0.2, 0.25) is 5.02 Å². The van der Waals surface area contributed by atoms with E-state index in [1.54, 1.807) is 12.1 Å². The first-order chi connectivity index (χ1) is 12.2. The molecule has 4 rings (SSSR count). The zero-order chi connectivity index (χ0) is 17.2. The predicted octanol–water partition coefficient (Wildman–Crippen LogP) is 4.44. The lowest BCUT2D eigenvalue weighted by Gasteiger charge is -2.32. The molecule has 1 aromatic heterocycles. The topological polar surface area (TPSA) is 46.1 Å². The number of fused-ring (bicyclic) bond motifs is 1. The predicted molar refractivity (Wildman–Crippen MR) is 101 cm³/mol. The Morgan fingerprint density at radius 1 is 1.16 bits per heavy atom. The van der Waals surface area contributed by atoms with Crippen LogP contribution in [0.3, 0.4) is 0 Å². The fraction of sp³-hybridized carbons (Fsp3) is 0.316. The zero-order valence-electron chi connectivity index (χ0n) is 13.7. The monoisotopic (exact) mass is 371 g/mol. The van der Waals surface area contributed by atoms with Crippen molar-refractivity contribution >= 4 is 40.1 Å². The standard InChI is InChI=1S/C19H18ClN3OS/c20-16-6-4-14(5-7-16)19(24)15-2-1-9-23(12-15)11-13-3-8-17-18(10-13)22-25-21-17/h3-8,10,15H,1-2,9,11-12H2/t15-/m0/s1. The second kappa shape index (κ2) is 7.20. The van der Waals surface area contributed by atoms with Gasteiger partial charge in [0.05, 0.1) is 11.7 Å². The molecule has 4 nitrogen and oxygen atoms in total. The van der Waals surface area contributed by atoms with Crippen molar-refractivity contribution in [3.05, 3.63) is 58.6 Å². The normalized spacial score (nSPS) is 18.5. The van der Waals surface area contributed by atoms with Gasteiger partial charge in [0, 0.05) is 29.6 Å². The average Bonchev–Trinajstić information content (AvgIpc) is 3.10. The van der Waals surface area contributed by atoms with Crippen LogP contribution < -0.4 is 0 Å². The molecule has 0 saturated carbocycles. The Bertz CT molecular complexity index is 893. The number of rotatable bonds is 4. The molecule has 0 unspecified atom stereocenters.